The molecule has 3 nitrogen and oxygen atoms in total. The molecule has 4 heteroatoms. The van der Waals surface area contributed by atoms with Gasteiger partial charge in [-0.1, -0.05) is 11.6 Å². The predicted octanol–water partition coefficient (Wildman–Crippen LogP) is 3.51. The van der Waals surface area contributed by atoms with E-state index in [0.717, 1.165) is 17.7 Å². The number of benzene rings is 2. The lowest BCUT2D eigenvalue weighted by molar-refractivity contribution is 0.103. The van der Waals surface area contributed by atoms with Crippen molar-refractivity contribution in [3.05, 3.63) is 58.1 Å². The molecule has 2 aromatic carbocycles. The van der Waals surface area contributed by atoms with Gasteiger partial charge in [0.25, 0.3) is 0 Å². The van der Waals surface area contributed by atoms with E-state index in [1.54, 1.807) is 24.3 Å². The zero-order chi connectivity index (χ0) is 14.1. The van der Waals surface area contributed by atoms with Gasteiger partial charge >= 0.3 is 0 Å². The molecule has 102 valence electrons. The van der Waals surface area contributed by atoms with E-state index in [4.69, 9.17) is 21.1 Å². The van der Waals surface area contributed by atoms with Gasteiger partial charge in [0.15, 0.2) is 5.78 Å². The third-order valence-corrected chi connectivity index (χ3v) is 3.59. The zero-order valence-electron chi connectivity index (χ0n) is 11.0. The van der Waals surface area contributed by atoms with Crippen LogP contribution >= 0.6 is 11.6 Å². The van der Waals surface area contributed by atoms with Crippen LogP contribution in [0, 0.1) is 0 Å². The van der Waals surface area contributed by atoms with Gasteiger partial charge in [-0.25, -0.2) is 0 Å². The van der Waals surface area contributed by atoms with Crippen molar-refractivity contribution in [2.45, 2.75) is 6.42 Å². The fourth-order valence-corrected chi connectivity index (χ4v) is 2.50. The van der Waals surface area contributed by atoms with Gasteiger partial charge in [0.05, 0.1) is 19.3 Å². The molecule has 0 spiro atoms. The van der Waals surface area contributed by atoms with Crippen molar-refractivity contribution in [2.75, 3.05) is 13.7 Å². The van der Waals surface area contributed by atoms with Gasteiger partial charge in [-0.15, -0.1) is 0 Å². The summed E-state index contributed by atoms with van der Waals surface area (Å²) < 4.78 is 10.7. The molecular weight excluding hydrogens is 276 g/mol. The Kier molecular flexibility index (Phi) is 3.36. The molecule has 0 N–H and O–H groups in total. The highest BCUT2D eigenvalue weighted by atomic mass is 35.5. The van der Waals surface area contributed by atoms with Crippen molar-refractivity contribution in [3.8, 4) is 11.5 Å². The first-order valence-electron chi connectivity index (χ1n) is 6.33. The third-order valence-electron chi connectivity index (χ3n) is 3.36. The summed E-state index contributed by atoms with van der Waals surface area (Å²) in [5.74, 6) is 1.28. The second kappa shape index (κ2) is 5.17. The third kappa shape index (κ3) is 2.25. The summed E-state index contributed by atoms with van der Waals surface area (Å²) >= 11 is 5.92. The normalized spacial score (nSPS) is 12.7. The number of carbonyl (C=O) groups is 1. The van der Waals surface area contributed by atoms with Crippen molar-refractivity contribution >= 4 is 17.4 Å². The van der Waals surface area contributed by atoms with Crippen LogP contribution in [0.5, 0.6) is 11.5 Å². The zero-order valence-corrected chi connectivity index (χ0v) is 11.7. The molecule has 0 aliphatic carbocycles. The second-order valence-corrected chi connectivity index (χ2v) is 5.03. The van der Waals surface area contributed by atoms with Crippen LogP contribution in [-0.4, -0.2) is 19.5 Å². The van der Waals surface area contributed by atoms with Gasteiger partial charge < -0.3 is 9.47 Å². The van der Waals surface area contributed by atoms with Crippen molar-refractivity contribution in [2.24, 2.45) is 0 Å². The van der Waals surface area contributed by atoms with Gasteiger partial charge in [0, 0.05) is 17.0 Å². The molecule has 3 rings (SSSR count). The summed E-state index contributed by atoms with van der Waals surface area (Å²) in [6, 6.07) is 10.5. The topological polar surface area (TPSA) is 35.5 Å². The molecule has 0 bridgehead atoms. The summed E-state index contributed by atoms with van der Waals surface area (Å²) in [5, 5.41) is 0.542. The summed E-state index contributed by atoms with van der Waals surface area (Å²) in [4.78, 5) is 12.6. The van der Waals surface area contributed by atoms with E-state index in [1.807, 2.05) is 12.1 Å². The van der Waals surface area contributed by atoms with Crippen LogP contribution in [0.25, 0.3) is 0 Å². The number of ether oxygens (including phenoxy) is 2. The molecule has 0 radical (unpaired) electrons. The van der Waals surface area contributed by atoms with E-state index in [-0.39, 0.29) is 5.78 Å². The Bertz CT molecular complexity index is 679. The molecule has 0 amide bonds. The fourth-order valence-electron chi connectivity index (χ4n) is 2.34. The first-order valence-corrected chi connectivity index (χ1v) is 6.71. The molecule has 1 aliphatic heterocycles. The van der Waals surface area contributed by atoms with Gasteiger partial charge in [-0.05, 0) is 42.0 Å². The van der Waals surface area contributed by atoms with Gasteiger partial charge in [-0.2, -0.15) is 0 Å². The van der Waals surface area contributed by atoms with Gasteiger partial charge in [0.1, 0.15) is 11.5 Å². The first-order chi connectivity index (χ1) is 9.69. The molecule has 0 unspecified atom stereocenters. The van der Waals surface area contributed by atoms with Gasteiger partial charge in [0.2, 0.25) is 0 Å². The molecule has 1 aliphatic rings. The number of hydrogen-bond donors (Lipinski definition) is 0. The molecule has 0 saturated carbocycles. The summed E-state index contributed by atoms with van der Waals surface area (Å²) in [5.41, 5.74) is 2.22. The van der Waals surface area contributed by atoms with E-state index in [9.17, 15) is 4.79 Å². The highest BCUT2D eigenvalue weighted by Crippen LogP contribution is 2.29. The van der Waals surface area contributed by atoms with Crippen molar-refractivity contribution < 1.29 is 14.3 Å². The Morgan fingerprint density at radius 1 is 1.25 bits per heavy atom. The highest BCUT2D eigenvalue weighted by molar-refractivity contribution is 6.31. The molecule has 0 fully saturated rings. The van der Waals surface area contributed by atoms with Crippen molar-refractivity contribution in [3.63, 3.8) is 0 Å². The molecular formula is C16H13ClO3. The van der Waals surface area contributed by atoms with Crippen LogP contribution in [0.15, 0.2) is 36.4 Å². The second-order valence-electron chi connectivity index (χ2n) is 4.59. The van der Waals surface area contributed by atoms with E-state index < -0.39 is 0 Å². The molecule has 0 saturated heterocycles. The molecule has 0 atom stereocenters. The lowest BCUT2D eigenvalue weighted by Crippen LogP contribution is -2.04. The Balaban J connectivity index is 2.00. The average Bonchev–Trinajstić information content (AvgIpc) is 2.93. The average molecular weight is 289 g/mol. The number of methoxy groups -OCH3 is 1. The van der Waals surface area contributed by atoms with Crippen LogP contribution < -0.4 is 9.47 Å². The lowest BCUT2D eigenvalue weighted by atomic mass is 10.00. The smallest absolute Gasteiger partial charge is 0.196 e. The largest absolute Gasteiger partial charge is 0.496 e. The van der Waals surface area contributed by atoms with Gasteiger partial charge in [-0.3, -0.25) is 4.79 Å². The minimum absolute atomic E-state index is 0.0757. The maximum Gasteiger partial charge on any atom is 0.196 e. The number of ketones is 1. The Labute approximate surface area is 122 Å². The predicted molar refractivity (Wildman–Crippen MR) is 77.1 cm³/mol. The minimum atomic E-state index is -0.0757. The minimum Gasteiger partial charge on any atom is -0.496 e. The number of hydrogen-bond acceptors (Lipinski definition) is 3. The molecule has 1 heterocycles. The van der Waals surface area contributed by atoms with E-state index >= 15 is 0 Å². The number of fused-ring (bicyclic) bond motifs is 1. The summed E-state index contributed by atoms with van der Waals surface area (Å²) in [6.45, 7) is 0.678. The molecule has 0 aromatic heterocycles. The first kappa shape index (κ1) is 13.0. The van der Waals surface area contributed by atoms with Crippen LogP contribution in [-0.2, 0) is 6.42 Å². The SMILES string of the molecule is COc1cc(Cl)ccc1C(=O)c1ccc2c(c1)CCO2. The standard InChI is InChI=1S/C16H13ClO3/c1-19-15-9-12(17)3-4-13(15)16(18)11-2-5-14-10(8-11)6-7-20-14/h2-5,8-9H,6-7H2,1H3. The van der Waals surface area contributed by atoms with Crippen molar-refractivity contribution in [1.29, 1.82) is 0 Å². The Hall–Kier alpha value is -2.00. The number of rotatable bonds is 3. The summed E-state index contributed by atoms with van der Waals surface area (Å²) in [6.07, 6.45) is 0.841. The summed E-state index contributed by atoms with van der Waals surface area (Å²) in [7, 11) is 1.53. The Morgan fingerprint density at radius 3 is 2.90 bits per heavy atom. The van der Waals surface area contributed by atoms with E-state index in [0.29, 0.717) is 28.5 Å². The molecule has 20 heavy (non-hydrogen) atoms. The maximum atomic E-state index is 12.6. The number of carbonyl (C=O) groups excluding carboxylic acids is 1. The van der Waals surface area contributed by atoms with Crippen LogP contribution in [0.3, 0.4) is 0 Å². The van der Waals surface area contributed by atoms with Crippen molar-refractivity contribution in [1.82, 2.24) is 0 Å². The van der Waals surface area contributed by atoms with E-state index in [2.05, 4.69) is 0 Å². The van der Waals surface area contributed by atoms with E-state index in [1.165, 1.54) is 7.11 Å². The Morgan fingerprint density at radius 2 is 2.10 bits per heavy atom. The monoisotopic (exact) mass is 288 g/mol. The fraction of sp³-hybridized carbons (Fsp3) is 0.188. The quantitative estimate of drug-likeness (QED) is 0.811. The maximum absolute atomic E-state index is 12.6. The highest BCUT2D eigenvalue weighted by Gasteiger charge is 2.18. The lowest BCUT2D eigenvalue weighted by Gasteiger charge is -2.09. The van der Waals surface area contributed by atoms with Crippen LogP contribution in [0.4, 0.5) is 0 Å². The molecule has 2 aromatic rings. The van der Waals surface area contributed by atoms with Crippen LogP contribution in [0.1, 0.15) is 21.5 Å². The number of halogens is 1. The van der Waals surface area contributed by atoms with Crippen LogP contribution in [0.2, 0.25) is 5.02 Å².